The normalized spacial score (nSPS) is 17.7. The molecule has 0 radical (unpaired) electrons. The first kappa shape index (κ1) is 13.1. The first-order chi connectivity index (χ1) is 8.72. The van der Waals surface area contributed by atoms with Gasteiger partial charge < -0.3 is 14.7 Å². The van der Waals surface area contributed by atoms with Crippen LogP contribution in [0.15, 0.2) is 18.2 Å². The third-order valence-electron chi connectivity index (χ3n) is 3.20. The Morgan fingerprint density at radius 3 is 2.33 bits per heavy atom. The van der Waals surface area contributed by atoms with Crippen LogP contribution in [0.25, 0.3) is 0 Å². The summed E-state index contributed by atoms with van der Waals surface area (Å²) < 4.78 is 10.5. The zero-order chi connectivity index (χ0) is 13.0. The fraction of sp³-hybridized carbons (Fsp3) is 0.538. The first-order valence-corrected chi connectivity index (χ1v) is 6.10. The second-order valence-corrected chi connectivity index (χ2v) is 4.42. The van der Waals surface area contributed by atoms with Gasteiger partial charge in [-0.15, -0.1) is 0 Å². The lowest BCUT2D eigenvalue weighted by Gasteiger charge is -2.31. The third-order valence-corrected chi connectivity index (χ3v) is 3.20. The van der Waals surface area contributed by atoms with Crippen LogP contribution in [0.4, 0.5) is 0 Å². The smallest absolute Gasteiger partial charge is 0.161 e. The van der Waals surface area contributed by atoms with Crippen molar-refractivity contribution in [2.45, 2.75) is 6.54 Å². The molecule has 0 unspecified atom stereocenters. The number of hydroxylamine groups is 2. The first-order valence-electron chi connectivity index (χ1n) is 6.10. The third kappa shape index (κ3) is 3.13. The van der Waals surface area contributed by atoms with Gasteiger partial charge in [0, 0.05) is 32.7 Å². The van der Waals surface area contributed by atoms with E-state index >= 15 is 0 Å². The lowest BCUT2D eigenvalue weighted by atomic mass is 10.1. The van der Waals surface area contributed by atoms with Crippen LogP contribution in [0.5, 0.6) is 11.5 Å². The van der Waals surface area contributed by atoms with E-state index in [0.29, 0.717) is 13.1 Å². The molecule has 0 amide bonds. The molecule has 18 heavy (non-hydrogen) atoms. The number of nitrogens with zero attached hydrogens (tertiary/aromatic N) is 2. The van der Waals surface area contributed by atoms with Crippen LogP contribution in [0.3, 0.4) is 0 Å². The molecule has 1 aromatic rings. The van der Waals surface area contributed by atoms with Crippen LogP contribution in [0.1, 0.15) is 5.56 Å². The summed E-state index contributed by atoms with van der Waals surface area (Å²) in [6.07, 6.45) is 0. The molecule has 1 aliphatic rings. The van der Waals surface area contributed by atoms with Gasteiger partial charge in [-0.3, -0.25) is 4.90 Å². The second kappa shape index (κ2) is 6.04. The van der Waals surface area contributed by atoms with Gasteiger partial charge in [0.05, 0.1) is 14.2 Å². The standard InChI is InChI=1S/C13H20N2O3/c1-17-12-4-3-11(9-13(12)18-2)10-14-5-7-15(16)8-6-14/h3-4,9,16H,5-8,10H2,1-2H3. The monoisotopic (exact) mass is 252 g/mol. The van der Waals surface area contributed by atoms with E-state index in [4.69, 9.17) is 9.47 Å². The average molecular weight is 252 g/mol. The highest BCUT2D eigenvalue weighted by Gasteiger charge is 2.15. The zero-order valence-corrected chi connectivity index (χ0v) is 10.9. The molecule has 1 saturated heterocycles. The Kier molecular flexibility index (Phi) is 4.41. The molecule has 5 heteroatoms. The molecule has 1 aromatic carbocycles. The average Bonchev–Trinajstić information content (AvgIpc) is 2.41. The quantitative estimate of drug-likeness (QED) is 0.872. The van der Waals surface area contributed by atoms with Gasteiger partial charge in [0.25, 0.3) is 0 Å². The number of hydrogen-bond acceptors (Lipinski definition) is 5. The van der Waals surface area contributed by atoms with Crippen molar-refractivity contribution < 1.29 is 14.7 Å². The van der Waals surface area contributed by atoms with Gasteiger partial charge in [-0.1, -0.05) is 6.07 Å². The maximum Gasteiger partial charge on any atom is 0.161 e. The molecule has 0 atom stereocenters. The number of hydrogen-bond donors (Lipinski definition) is 1. The molecular formula is C13H20N2O3. The van der Waals surface area contributed by atoms with Crippen LogP contribution < -0.4 is 9.47 Å². The molecule has 100 valence electrons. The molecule has 0 saturated carbocycles. The Morgan fingerprint density at radius 2 is 1.72 bits per heavy atom. The summed E-state index contributed by atoms with van der Waals surface area (Å²) in [6.45, 7) is 4.03. The van der Waals surface area contributed by atoms with Crippen molar-refractivity contribution in [1.29, 1.82) is 0 Å². The maximum atomic E-state index is 9.31. The van der Waals surface area contributed by atoms with Crippen molar-refractivity contribution in [2.75, 3.05) is 40.4 Å². The SMILES string of the molecule is COc1ccc(CN2CCN(O)CC2)cc1OC. The predicted molar refractivity (Wildman–Crippen MR) is 68.2 cm³/mol. The van der Waals surface area contributed by atoms with Gasteiger partial charge in [-0.2, -0.15) is 5.06 Å². The summed E-state index contributed by atoms with van der Waals surface area (Å²) >= 11 is 0. The van der Waals surface area contributed by atoms with Crippen molar-refractivity contribution in [3.05, 3.63) is 23.8 Å². The molecule has 1 heterocycles. The lowest BCUT2D eigenvalue weighted by Crippen LogP contribution is -2.44. The Labute approximate surface area is 107 Å². The highest BCUT2D eigenvalue weighted by molar-refractivity contribution is 5.42. The molecular weight excluding hydrogens is 232 g/mol. The Bertz CT molecular complexity index is 390. The summed E-state index contributed by atoms with van der Waals surface area (Å²) in [6, 6.07) is 5.98. The fourth-order valence-corrected chi connectivity index (χ4v) is 2.13. The predicted octanol–water partition coefficient (Wildman–Crippen LogP) is 1.21. The Morgan fingerprint density at radius 1 is 1.06 bits per heavy atom. The molecule has 0 aliphatic carbocycles. The molecule has 5 nitrogen and oxygen atoms in total. The molecule has 0 spiro atoms. The van der Waals surface area contributed by atoms with Gasteiger partial charge in [0.2, 0.25) is 0 Å². The molecule has 1 aliphatic heterocycles. The number of piperazine rings is 1. The zero-order valence-electron chi connectivity index (χ0n) is 10.9. The van der Waals surface area contributed by atoms with E-state index in [9.17, 15) is 5.21 Å². The number of benzene rings is 1. The topological polar surface area (TPSA) is 45.2 Å². The van der Waals surface area contributed by atoms with Gasteiger partial charge >= 0.3 is 0 Å². The number of methoxy groups -OCH3 is 2. The Hall–Kier alpha value is -1.30. The fourth-order valence-electron chi connectivity index (χ4n) is 2.13. The number of rotatable bonds is 4. The minimum absolute atomic E-state index is 0.702. The molecule has 0 bridgehead atoms. The van der Waals surface area contributed by atoms with E-state index in [1.807, 2.05) is 18.2 Å². The van der Waals surface area contributed by atoms with Crippen LogP contribution in [-0.4, -0.2) is 55.6 Å². The van der Waals surface area contributed by atoms with E-state index in [1.54, 1.807) is 14.2 Å². The van der Waals surface area contributed by atoms with Crippen molar-refractivity contribution in [3.63, 3.8) is 0 Å². The maximum absolute atomic E-state index is 9.31. The van der Waals surface area contributed by atoms with Crippen LogP contribution in [-0.2, 0) is 6.54 Å². The molecule has 1 N–H and O–H groups in total. The molecule has 1 fully saturated rings. The molecule has 2 rings (SSSR count). The van der Waals surface area contributed by atoms with Crippen molar-refractivity contribution in [1.82, 2.24) is 9.96 Å². The van der Waals surface area contributed by atoms with Crippen molar-refractivity contribution in [3.8, 4) is 11.5 Å². The van der Waals surface area contributed by atoms with Crippen LogP contribution in [0.2, 0.25) is 0 Å². The number of ether oxygens (including phenoxy) is 2. The highest BCUT2D eigenvalue weighted by atomic mass is 16.5. The summed E-state index contributed by atoms with van der Waals surface area (Å²) in [7, 11) is 3.28. The van der Waals surface area contributed by atoms with E-state index in [0.717, 1.165) is 31.1 Å². The van der Waals surface area contributed by atoms with E-state index in [1.165, 1.54) is 10.6 Å². The summed E-state index contributed by atoms with van der Waals surface area (Å²) in [4.78, 5) is 2.31. The van der Waals surface area contributed by atoms with Crippen molar-refractivity contribution in [2.24, 2.45) is 0 Å². The van der Waals surface area contributed by atoms with Gasteiger partial charge in [0.1, 0.15) is 0 Å². The Balaban J connectivity index is 2.01. The second-order valence-electron chi connectivity index (χ2n) is 4.42. The van der Waals surface area contributed by atoms with E-state index in [2.05, 4.69) is 4.90 Å². The summed E-state index contributed by atoms with van der Waals surface area (Å²) in [5.41, 5.74) is 1.19. The lowest BCUT2D eigenvalue weighted by molar-refractivity contribution is -0.118. The van der Waals surface area contributed by atoms with E-state index in [-0.39, 0.29) is 0 Å². The summed E-state index contributed by atoms with van der Waals surface area (Å²) in [5, 5.41) is 10.7. The van der Waals surface area contributed by atoms with Gasteiger partial charge in [-0.25, -0.2) is 0 Å². The van der Waals surface area contributed by atoms with E-state index < -0.39 is 0 Å². The highest BCUT2D eigenvalue weighted by Crippen LogP contribution is 2.28. The van der Waals surface area contributed by atoms with Gasteiger partial charge in [0.15, 0.2) is 11.5 Å². The molecule has 0 aromatic heterocycles. The van der Waals surface area contributed by atoms with Crippen LogP contribution in [0, 0.1) is 0 Å². The minimum atomic E-state index is 0.702. The minimum Gasteiger partial charge on any atom is -0.493 e. The van der Waals surface area contributed by atoms with Crippen molar-refractivity contribution >= 4 is 0 Å². The van der Waals surface area contributed by atoms with Gasteiger partial charge in [-0.05, 0) is 17.7 Å². The largest absolute Gasteiger partial charge is 0.493 e. The summed E-state index contributed by atoms with van der Waals surface area (Å²) in [5.74, 6) is 1.51. The van der Waals surface area contributed by atoms with Crippen LogP contribution >= 0.6 is 0 Å².